The van der Waals surface area contributed by atoms with Crippen LogP contribution in [-0.2, 0) is 25.9 Å². The zero-order valence-corrected chi connectivity index (χ0v) is 17.6. The molecule has 0 radical (unpaired) electrons. The minimum Gasteiger partial charge on any atom is -0.508 e. The molecule has 0 saturated heterocycles. The van der Waals surface area contributed by atoms with Crippen molar-refractivity contribution in [1.82, 2.24) is 25.4 Å². The van der Waals surface area contributed by atoms with Crippen LogP contribution < -0.4 is 10.6 Å². The van der Waals surface area contributed by atoms with Crippen LogP contribution in [0.15, 0.2) is 29.3 Å². The predicted octanol–water partition coefficient (Wildman–Crippen LogP) is 2.23. The van der Waals surface area contributed by atoms with Crippen molar-refractivity contribution in [2.75, 3.05) is 6.54 Å². The number of benzene rings is 1. The number of aromatic hydroxyl groups is 1. The Hall–Kier alpha value is -1.84. The number of hydrogen-bond donors (Lipinski definition) is 3. The lowest BCUT2D eigenvalue weighted by Crippen LogP contribution is -2.47. The molecule has 0 aliphatic carbocycles. The second kappa shape index (κ2) is 9.75. The first-order valence-corrected chi connectivity index (χ1v) is 8.93. The van der Waals surface area contributed by atoms with Gasteiger partial charge in [0.15, 0.2) is 11.8 Å². The molecule has 2 aromatic rings. The molecular formula is C18H27IN6O. The summed E-state index contributed by atoms with van der Waals surface area (Å²) < 4.78 is 2.02. The highest BCUT2D eigenvalue weighted by Crippen LogP contribution is 2.14. The number of nitrogens with zero attached hydrogens (tertiary/aromatic N) is 4. The van der Waals surface area contributed by atoms with Crippen LogP contribution in [0.25, 0.3) is 0 Å². The van der Waals surface area contributed by atoms with Crippen molar-refractivity contribution >= 4 is 29.9 Å². The minimum atomic E-state index is 0. The molecule has 1 unspecified atom stereocenters. The molecule has 0 bridgehead atoms. The fourth-order valence-corrected chi connectivity index (χ4v) is 2.91. The van der Waals surface area contributed by atoms with E-state index in [2.05, 4.69) is 39.6 Å². The molecule has 1 atom stereocenters. The molecular weight excluding hydrogens is 443 g/mol. The molecule has 142 valence electrons. The Morgan fingerprint density at radius 2 is 2.08 bits per heavy atom. The molecule has 8 heteroatoms. The van der Waals surface area contributed by atoms with Gasteiger partial charge >= 0.3 is 0 Å². The zero-order chi connectivity index (χ0) is 17.6. The average Bonchev–Trinajstić information content (AvgIpc) is 3.03. The Bertz CT molecular complexity index is 728. The van der Waals surface area contributed by atoms with Crippen molar-refractivity contribution in [3.63, 3.8) is 0 Å². The number of hydrogen-bond acceptors (Lipinski definition) is 4. The first kappa shape index (κ1) is 20.5. The Balaban J connectivity index is 0.00000243. The molecule has 1 aromatic carbocycles. The van der Waals surface area contributed by atoms with Gasteiger partial charge in [-0.3, -0.25) is 0 Å². The number of fused-ring (bicyclic) bond motifs is 1. The maximum atomic E-state index is 9.36. The normalized spacial score (nSPS) is 16.5. The number of aryl methyl sites for hydroxylation is 2. The third kappa shape index (κ3) is 5.33. The van der Waals surface area contributed by atoms with Crippen molar-refractivity contribution in [3.05, 3.63) is 41.5 Å². The molecule has 1 aromatic heterocycles. The summed E-state index contributed by atoms with van der Waals surface area (Å²) in [5, 5.41) is 20.7. The van der Waals surface area contributed by atoms with E-state index in [0.29, 0.717) is 6.54 Å². The van der Waals surface area contributed by atoms with E-state index in [4.69, 9.17) is 0 Å². The molecule has 3 N–H and O–H groups in total. The van der Waals surface area contributed by atoms with Crippen LogP contribution in [0.2, 0.25) is 0 Å². The van der Waals surface area contributed by atoms with Crippen LogP contribution in [0.4, 0.5) is 0 Å². The minimum absolute atomic E-state index is 0. The third-order valence-corrected chi connectivity index (χ3v) is 4.26. The fourth-order valence-electron chi connectivity index (χ4n) is 2.91. The quantitative estimate of drug-likeness (QED) is 0.355. The van der Waals surface area contributed by atoms with Crippen molar-refractivity contribution in [2.24, 2.45) is 4.99 Å². The number of halogens is 1. The van der Waals surface area contributed by atoms with Gasteiger partial charge in [0.1, 0.15) is 11.6 Å². The molecule has 0 fully saturated rings. The van der Waals surface area contributed by atoms with Crippen molar-refractivity contribution in [3.8, 4) is 5.75 Å². The van der Waals surface area contributed by atoms with Crippen LogP contribution >= 0.6 is 24.0 Å². The molecule has 7 nitrogen and oxygen atoms in total. The van der Waals surface area contributed by atoms with Crippen LogP contribution in [0.5, 0.6) is 5.75 Å². The van der Waals surface area contributed by atoms with Gasteiger partial charge < -0.3 is 15.7 Å². The van der Waals surface area contributed by atoms with Gasteiger partial charge in [-0.25, -0.2) is 14.7 Å². The molecule has 2 heterocycles. The number of rotatable bonds is 5. The van der Waals surface area contributed by atoms with Crippen molar-refractivity contribution in [1.29, 1.82) is 0 Å². The van der Waals surface area contributed by atoms with E-state index in [9.17, 15) is 5.11 Å². The Morgan fingerprint density at radius 1 is 1.31 bits per heavy atom. The van der Waals surface area contributed by atoms with E-state index < -0.39 is 0 Å². The molecule has 1 aliphatic heterocycles. The van der Waals surface area contributed by atoms with E-state index >= 15 is 0 Å². The van der Waals surface area contributed by atoms with Gasteiger partial charge in [-0.15, -0.1) is 24.0 Å². The Kier molecular flexibility index (Phi) is 7.67. The summed E-state index contributed by atoms with van der Waals surface area (Å²) in [5.74, 6) is 3.08. The number of phenols is 1. The molecule has 0 amide bonds. The van der Waals surface area contributed by atoms with Crippen molar-refractivity contribution < 1.29 is 5.11 Å². The highest BCUT2D eigenvalue weighted by atomic mass is 127. The van der Waals surface area contributed by atoms with E-state index in [-0.39, 0.29) is 35.8 Å². The topological polar surface area (TPSA) is 87.4 Å². The smallest absolute Gasteiger partial charge is 0.191 e. The first-order chi connectivity index (χ1) is 12.2. The summed E-state index contributed by atoms with van der Waals surface area (Å²) in [6.45, 7) is 6.32. The van der Waals surface area contributed by atoms with Crippen LogP contribution in [0.1, 0.15) is 37.5 Å². The number of guanidine groups is 1. The first-order valence-electron chi connectivity index (χ1n) is 8.93. The number of phenolic OH excluding ortho intramolecular Hbond substituents is 1. The standard InChI is InChI=1S/C18H26N6O.HI/c1-3-16-22-17-10-7-14(12-24(17)23-16)21-18(19-4-2)20-11-13-5-8-15(25)9-6-13;/h5-6,8-9,14,25H,3-4,7,10-12H2,1-2H3,(H2,19,20,21);1H. The van der Waals surface area contributed by atoms with Crippen LogP contribution in [-0.4, -0.2) is 38.4 Å². The molecule has 0 spiro atoms. The third-order valence-electron chi connectivity index (χ3n) is 4.26. The molecule has 1 aliphatic rings. The molecule has 26 heavy (non-hydrogen) atoms. The lowest BCUT2D eigenvalue weighted by atomic mass is 10.1. The van der Waals surface area contributed by atoms with Gasteiger partial charge in [-0.2, -0.15) is 5.10 Å². The number of aromatic nitrogens is 3. The summed E-state index contributed by atoms with van der Waals surface area (Å²) in [6.07, 6.45) is 2.82. The van der Waals surface area contributed by atoms with E-state index in [1.165, 1.54) is 0 Å². The van der Waals surface area contributed by atoms with E-state index in [1.54, 1.807) is 12.1 Å². The van der Waals surface area contributed by atoms with Gasteiger partial charge in [-0.1, -0.05) is 19.1 Å². The molecule has 3 rings (SSSR count). The average molecular weight is 470 g/mol. The largest absolute Gasteiger partial charge is 0.508 e. The van der Waals surface area contributed by atoms with Gasteiger partial charge in [0.2, 0.25) is 0 Å². The summed E-state index contributed by atoms with van der Waals surface area (Å²) in [5.41, 5.74) is 1.06. The summed E-state index contributed by atoms with van der Waals surface area (Å²) in [4.78, 5) is 9.21. The highest BCUT2D eigenvalue weighted by molar-refractivity contribution is 14.0. The number of nitrogens with one attached hydrogen (secondary N) is 2. The SMILES string of the molecule is CCNC(=NCc1ccc(O)cc1)NC1CCc2nc(CC)nn2C1.I. The lowest BCUT2D eigenvalue weighted by molar-refractivity contribution is 0.392. The van der Waals surface area contributed by atoms with Crippen molar-refractivity contribution in [2.45, 2.75) is 52.2 Å². The lowest BCUT2D eigenvalue weighted by Gasteiger charge is -2.25. The Morgan fingerprint density at radius 3 is 2.77 bits per heavy atom. The van der Waals surface area contributed by atoms with Gasteiger partial charge in [0.05, 0.1) is 13.1 Å². The molecule has 0 saturated carbocycles. The number of aliphatic imine (C=N–C) groups is 1. The van der Waals surface area contributed by atoms with E-state index in [0.717, 1.165) is 55.5 Å². The Labute approximate surface area is 171 Å². The summed E-state index contributed by atoms with van der Waals surface area (Å²) >= 11 is 0. The maximum absolute atomic E-state index is 9.36. The highest BCUT2D eigenvalue weighted by Gasteiger charge is 2.22. The van der Waals surface area contributed by atoms with Gasteiger partial charge in [-0.05, 0) is 31.0 Å². The van der Waals surface area contributed by atoms with Crippen LogP contribution in [0, 0.1) is 0 Å². The second-order valence-electron chi connectivity index (χ2n) is 6.22. The fraction of sp³-hybridized carbons (Fsp3) is 0.500. The summed E-state index contributed by atoms with van der Waals surface area (Å²) in [7, 11) is 0. The van der Waals surface area contributed by atoms with Gasteiger partial charge in [0, 0.05) is 25.4 Å². The monoisotopic (exact) mass is 470 g/mol. The summed E-state index contributed by atoms with van der Waals surface area (Å²) in [6, 6.07) is 7.43. The van der Waals surface area contributed by atoms with Crippen LogP contribution in [0.3, 0.4) is 0 Å². The predicted molar refractivity (Wildman–Crippen MR) is 113 cm³/mol. The van der Waals surface area contributed by atoms with E-state index in [1.807, 2.05) is 16.8 Å². The zero-order valence-electron chi connectivity index (χ0n) is 15.3. The van der Waals surface area contributed by atoms with Gasteiger partial charge in [0.25, 0.3) is 0 Å². The second-order valence-corrected chi connectivity index (χ2v) is 6.22. The maximum Gasteiger partial charge on any atom is 0.191 e.